The summed E-state index contributed by atoms with van der Waals surface area (Å²) < 4.78 is 7.47. The molecule has 0 aliphatic carbocycles. The lowest BCUT2D eigenvalue weighted by Gasteiger charge is -2.29. The average molecular weight is 477 g/mol. The molecular formula is C27H36N6O2. The third-order valence-electron chi connectivity index (χ3n) is 6.04. The van der Waals surface area contributed by atoms with Crippen molar-refractivity contribution >= 4 is 22.7 Å². The summed E-state index contributed by atoms with van der Waals surface area (Å²) in [6.45, 7) is 8.48. The topological polar surface area (TPSA) is 99.2 Å². The molecule has 0 spiro atoms. The molecule has 3 aromatic rings. The Hall–Kier alpha value is -3.26. The number of amides is 1. The summed E-state index contributed by atoms with van der Waals surface area (Å²) in [7, 11) is 0. The summed E-state index contributed by atoms with van der Waals surface area (Å²) in [6, 6.07) is 6.17. The maximum absolute atomic E-state index is 12.4. The van der Waals surface area contributed by atoms with Gasteiger partial charge < -0.3 is 15.4 Å². The van der Waals surface area contributed by atoms with Crippen LogP contribution in [0.5, 0.6) is 0 Å². The van der Waals surface area contributed by atoms with Crippen LogP contribution in [0.25, 0.3) is 27.9 Å². The molecule has 8 nitrogen and oxygen atoms in total. The van der Waals surface area contributed by atoms with Crippen molar-refractivity contribution in [3.63, 3.8) is 0 Å². The van der Waals surface area contributed by atoms with Crippen LogP contribution >= 0.6 is 0 Å². The Labute approximate surface area is 207 Å². The number of aromatic nitrogens is 4. The van der Waals surface area contributed by atoms with Gasteiger partial charge in [-0.15, -0.1) is 0 Å². The molecule has 1 amide bonds. The number of hydrogen-bond acceptors (Lipinski definition) is 6. The molecule has 0 unspecified atom stereocenters. The Bertz CT molecular complexity index is 1190. The molecule has 0 radical (unpaired) electrons. The highest BCUT2D eigenvalue weighted by atomic mass is 16.6. The smallest absolute Gasteiger partial charge is 0.410 e. The maximum atomic E-state index is 12.4. The summed E-state index contributed by atoms with van der Waals surface area (Å²) in [5.74, 6) is 0. The SMILES string of the molecule is CC(C)(C)OC(=O)N1CC=C(c2ccc3ncc(-c4cnn(CCCCCCN)c4)nc3c2)CC1. The molecule has 3 heterocycles. The summed E-state index contributed by atoms with van der Waals surface area (Å²) in [5.41, 5.74) is 10.9. The first-order valence-corrected chi connectivity index (χ1v) is 12.5. The van der Waals surface area contributed by atoms with Gasteiger partial charge in [0.1, 0.15) is 5.60 Å². The van der Waals surface area contributed by atoms with Gasteiger partial charge in [-0.3, -0.25) is 9.67 Å². The van der Waals surface area contributed by atoms with Crippen LogP contribution in [-0.2, 0) is 11.3 Å². The van der Waals surface area contributed by atoms with Crippen molar-refractivity contribution in [1.29, 1.82) is 0 Å². The highest BCUT2D eigenvalue weighted by Crippen LogP contribution is 2.27. The van der Waals surface area contributed by atoms with Crippen molar-refractivity contribution in [2.45, 2.75) is 65.0 Å². The zero-order valence-corrected chi connectivity index (χ0v) is 21.0. The lowest BCUT2D eigenvalue weighted by molar-refractivity contribution is 0.0270. The molecule has 1 aromatic carbocycles. The van der Waals surface area contributed by atoms with E-state index >= 15 is 0 Å². The van der Waals surface area contributed by atoms with Crippen LogP contribution in [-0.4, -0.2) is 56.0 Å². The molecule has 8 heteroatoms. The standard InChI is InChI=1S/C27H36N6O2/c1-27(2,3)35-26(34)32-14-10-20(11-15-32)21-8-9-23-24(16-21)31-25(18-29-23)22-17-30-33(19-22)13-7-5-4-6-12-28/h8-10,16-19H,4-7,11-15,28H2,1-3H3. The summed E-state index contributed by atoms with van der Waals surface area (Å²) in [5, 5.41) is 4.50. The average Bonchev–Trinajstić information content (AvgIpc) is 3.31. The van der Waals surface area contributed by atoms with Gasteiger partial charge in [-0.25, -0.2) is 9.78 Å². The van der Waals surface area contributed by atoms with E-state index in [1.165, 1.54) is 12.0 Å². The van der Waals surface area contributed by atoms with E-state index in [4.69, 9.17) is 15.5 Å². The van der Waals surface area contributed by atoms with E-state index in [-0.39, 0.29) is 6.09 Å². The molecule has 0 saturated heterocycles. The van der Waals surface area contributed by atoms with Crippen LogP contribution < -0.4 is 5.73 Å². The number of benzene rings is 1. The molecule has 2 N–H and O–H groups in total. The van der Waals surface area contributed by atoms with E-state index in [1.54, 1.807) is 4.90 Å². The fraction of sp³-hybridized carbons (Fsp3) is 0.481. The molecule has 0 fully saturated rings. The molecule has 4 rings (SSSR count). The van der Waals surface area contributed by atoms with Gasteiger partial charge in [-0.05, 0) is 69.8 Å². The van der Waals surface area contributed by atoms with Gasteiger partial charge in [0, 0.05) is 31.4 Å². The summed E-state index contributed by atoms with van der Waals surface area (Å²) in [4.78, 5) is 23.6. The number of nitrogens with zero attached hydrogens (tertiary/aromatic N) is 5. The number of hydrogen-bond donors (Lipinski definition) is 1. The van der Waals surface area contributed by atoms with Crippen LogP contribution in [0.2, 0.25) is 0 Å². The largest absolute Gasteiger partial charge is 0.444 e. The summed E-state index contributed by atoms with van der Waals surface area (Å²) in [6.07, 6.45) is 12.8. The van der Waals surface area contributed by atoms with Crippen LogP contribution in [0.1, 0.15) is 58.4 Å². The van der Waals surface area contributed by atoms with Crippen LogP contribution in [0, 0.1) is 0 Å². The molecule has 0 saturated carbocycles. The number of ether oxygens (including phenoxy) is 1. The van der Waals surface area contributed by atoms with Crippen LogP contribution in [0.3, 0.4) is 0 Å². The van der Waals surface area contributed by atoms with Crippen molar-refractivity contribution < 1.29 is 9.53 Å². The fourth-order valence-corrected chi connectivity index (χ4v) is 4.16. The van der Waals surface area contributed by atoms with E-state index in [1.807, 2.05) is 50.1 Å². The number of aryl methyl sites for hydroxylation is 1. The lowest BCUT2D eigenvalue weighted by atomic mass is 9.99. The highest BCUT2D eigenvalue weighted by Gasteiger charge is 2.24. The van der Waals surface area contributed by atoms with Gasteiger partial charge in [0.25, 0.3) is 0 Å². The number of rotatable bonds is 8. The molecule has 0 atom stereocenters. The molecule has 35 heavy (non-hydrogen) atoms. The minimum Gasteiger partial charge on any atom is -0.444 e. The van der Waals surface area contributed by atoms with Crippen molar-refractivity contribution in [3.05, 3.63) is 48.4 Å². The number of fused-ring (bicyclic) bond motifs is 1. The van der Waals surface area contributed by atoms with Gasteiger partial charge in [-0.1, -0.05) is 25.0 Å². The van der Waals surface area contributed by atoms with Crippen molar-refractivity contribution in [2.75, 3.05) is 19.6 Å². The van der Waals surface area contributed by atoms with Gasteiger partial charge in [0.15, 0.2) is 0 Å². The Morgan fingerprint density at radius 1 is 1.09 bits per heavy atom. The van der Waals surface area contributed by atoms with Crippen LogP contribution in [0.15, 0.2) is 42.9 Å². The fourth-order valence-electron chi connectivity index (χ4n) is 4.16. The molecule has 186 valence electrons. The minimum absolute atomic E-state index is 0.266. The van der Waals surface area contributed by atoms with Crippen molar-refractivity contribution in [1.82, 2.24) is 24.6 Å². The van der Waals surface area contributed by atoms with E-state index in [0.717, 1.165) is 66.6 Å². The number of carbonyl (C=O) groups excluding carboxylic acids is 1. The predicted octanol–water partition coefficient (Wildman–Crippen LogP) is 5.04. The number of nitrogens with two attached hydrogens (primary N) is 1. The van der Waals surface area contributed by atoms with E-state index in [2.05, 4.69) is 28.3 Å². The van der Waals surface area contributed by atoms with Gasteiger partial charge >= 0.3 is 6.09 Å². The Morgan fingerprint density at radius 2 is 1.91 bits per heavy atom. The predicted molar refractivity (Wildman–Crippen MR) is 139 cm³/mol. The van der Waals surface area contributed by atoms with E-state index in [9.17, 15) is 4.79 Å². The van der Waals surface area contributed by atoms with E-state index in [0.29, 0.717) is 13.1 Å². The monoisotopic (exact) mass is 476 g/mol. The van der Waals surface area contributed by atoms with E-state index < -0.39 is 5.60 Å². The molecule has 0 bridgehead atoms. The Morgan fingerprint density at radius 3 is 2.66 bits per heavy atom. The molecule has 2 aromatic heterocycles. The zero-order chi connectivity index (χ0) is 24.8. The van der Waals surface area contributed by atoms with Gasteiger partial charge in [0.05, 0.1) is 29.1 Å². The first-order chi connectivity index (χ1) is 16.8. The second kappa shape index (κ2) is 11.0. The second-order valence-electron chi connectivity index (χ2n) is 10.1. The molecule has 1 aliphatic heterocycles. The third kappa shape index (κ3) is 6.66. The third-order valence-corrected chi connectivity index (χ3v) is 6.04. The van der Waals surface area contributed by atoms with Gasteiger partial charge in [0.2, 0.25) is 0 Å². The molecular weight excluding hydrogens is 440 g/mol. The lowest BCUT2D eigenvalue weighted by Crippen LogP contribution is -2.39. The first-order valence-electron chi connectivity index (χ1n) is 12.5. The van der Waals surface area contributed by atoms with Crippen molar-refractivity contribution in [2.24, 2.45) is 5.73 Å². The van der Waals surface area contributed by atoms with Crippen molar-refractivity contribution in [3.8, 4) is 11.3 Å². The Balaban J connectivity index is 1.44. The second-order valence-corrected chi connectivity index (χ2v) is 10.1. The highest BCUT2D eigenvalue weighted by molar-refractivity contribution is 5.82. The normalized spacial score (nSPS) is 14.3. The summed E-state index contributed by atoms with van der Waals surface area (Å²) >= 11 is 0. The quantitative estimate of drug-likeness (QED) is 0.458. The maximum Gasteiger partial charge on any atom is 0.410 e. The van der Waals surface area contributed by atoms with Crippen LogP contribution in [0.4, 0.5) is 4.79 Å². The number of carbonyl (C=O) groups is 1. The van der Waals surface area contributed by atoms with Gasteiger partial charge in [-0.2, -0.15) is 5.10 Å². The zero-order valence-electron chi connectivity index (χ0n) is 21.0. The number of unbranched alkanes of at least 4 members (excludes halogenated alkanes) is 3. The Kier molecular flexibility index (Phi) is 7.80. The minimum atomic E-state index is -0.489. The molecule has 1 aliphatic rings. The first kappa shape index (κ1) is 24.9.